The molecule has 0 radical (unpaired) electrons. The molecule has 0 aromatic carbocycles. The molecule has 0 spiro atoms. The summed E-state index contributed by atoms with van der Waals surface area (Å²) in [5.74, 6) is 0. The molecule has 0 unspecified atom stereocenters. The van der Waals surface area contributed by atoms with Crippen LogP contribution >= 0.6 is 0 Å². The van der Waals surface area contributed by atoms with Crippen LogP contribution < -0.4 is 10.6 Å². The van der Waals surface area contributed by atoms with Crippen molar-refractivity contribution >= 4 is 29.8 Å². The normalized spacial score (nSPS) is 11.4. The van der Waals surface area contributed by atoms with Gasteiger partial charge in [0.2, 0.25) is 0 Å². The van der Waals surface area contributed by atoms with Gasteiger partial charge in [-0.1, -0.05) is 0 Å². The zero-order valence-corrected chi connectivity index (χ0v) is 27.0. The van der Waals surface area contributed by atoms with Gasteiger partial charge in [0, 0.05) is 64.8 Å². The molecule has 0 aliphatic heterocycles. The lowest BCUT2D eigenvalue weighted by Gasteiger charge is -2.28. The van der Waals surface area contributed by atoms with Crippen molar-refractivity contribution in [2.75, 3.05) is 65.9 Å². The molecule has 38 heavy (non-hydrogen) atoms. The van der Waals surface area contributed by atoms with E-state index in [9.17, 15) is 9.59 Å². The highest BCUT2D eigenvalue weighted by molar-refractivity contribution is 6.61. The maximum atomic E-state index is 11.1. The summed E-state index contributed by atoms with van der Waals surface area (Å²) in [6.07, 6.45) is 0.703. The van der Waals surface area contributed by atoms with Crippen LogP contribution in [0.5, 0.6) is 0 Å². The Morgan fingerprint density at radius 3 is 0.947 bits per heavy atom. The van der Waals surface area contributed by atoms with Crippen molar-refractivity contribution in [3.63, 3.8) is 0 Å². The fraction of sp³-hybridized carbons (Fsp3) is 0.917. The smallest absolute Gasteiger partial charge is 0.450 e. The van der Waals surface area contributed by atoms with Gasteiger partial charge in [-0.15, -0.1) is 0 Å². The number of carbonyl (C=O) groups excluding carboxylic acids is 2. The molecule has 0 bridgehead atoms. The molecule has 0 saturated heterocycles. The van der Waals surface area contributed by atoms with Crippen molar-refractivity contribution in [1.29, 1.82) is 0 Å². The fourth-order valence-corrected chi connectivity index (χ4v) is 8.58. The third-order valence-electron chi connectivity index (χ3n) is 4.59. The van der Waals surface area contributed by atoms with Crippen molar-refractivity contribution in [1.82, 2.24) is 10.6 Å². The van der Waals surface area contributed by atoms with E-state index in [2.05, 4.69) is 10.6 Å². The van der Waals surface area contributed by atoms with Gasteiger partial charge in [-0.25, -0.2) is 9.59 Å². The zero-order valence-electron chi connectivity index (χ0n) is 25.0. The lowest BCUT2D eigenvalue weighted by molar-refractivity contribution is 0.0699. The highest BCUT2D eigenvalue weighted by Crippen LogP contribution is 2.18. The van der Waals surface area contributed by atoms with Gasteiger partial charge in [-0.3, -0.25) is 0 Å². The first kappa shape index (κ1) is 38.9. The Kier molecular flexibility index (Phi) is 26.6. The monoisotopic (exact) mass is 586 g/mol. The number of carbonyl (C=O) groups is 2. The Morgan fingerprint density at radius 2 is 0.737 bits per heavy atom. The summed E-state index contributed by atoms with van der Waals surface area (Å²) in [6.45, 7) is 20.3. The fourth-order valence-electron chi connectivity index (χ4n) is 3.36. The lowest BCUT2D eigenvalue weighted by atomic mass is 10.5. The minimum atomic E-state index is -2.58. The summed E-state index contributed by atoms with van der Waals surface area (Å²) in [5.41, 5.74) is 0. The van der Waals surface area contributed by atoms with Crippen LogP contribution in [-0.4, -0.2) is 95.7 Å². The molecule has 0 aromatic rings. The number of hydrogen-bond donors (Lipinski definition) is 2. The first-order chi connectivity index (χ1) is 18.3. The van der Waals surface area contributed by atoms with Crippen LogP contribution in [0, 0.1) is 0 Å². The number of amides is 2. The van der Waals surface area contributed by atoms with E-state index in [1.807, 2.05) is 41.5 Å². The molecule has 0 atom stereocenters. The summed E-state index contributed by atoms with van der Waals surface area (Å²) in [5, 5.41) is 5.35. The van der Waals surface area contributed by atoms with E-state index in [1.54, 1.807) is 13.8 Å². The molecule has 0 aliphatic rings. The van der Waals surface area contributed by atoms with Crippen molar-refractivity contribution in [2.45, 2.75) is 80.3 Å². The van der Waals surface area contributed by atoms with Crippen molar-refractivity contribution < 1.29 is 45.6 Å². The lowest BCUT2D eigenvalue weighted by Crippen LogP contribution is -2.46. The predicted molar refractivity (Wildman–Crippen MR) is 150 cm³/mol. The molecular formula is C24H54N2O10Si2. The van der Waals surface area contributed by atoms with E-state index in [-0.39, 0.29) is 12.2 Å². The average molecular weight is 587 g/mol. The molecular weight excluding hydrogens is 532 g/mol. The van der Waals surface area contributed by atoms with Crippen LogP contribution in [0.4, 0.5) is 9.59 Å². The molecule has 0 heterocycles. The van der Waals surface area contributed by atoms with Gasteiger partial charge < -0.3 is 46.7 Å². The molecule has 0 saturated carbocycles. The molecule has 2 N–H and O–H groups in total. The van der Waals surface area contributed by atoms with Gasteiger partial charge in [0.1, 0.15) is 0 Å². The first-order valence-electron chi connectivity index (χ1n) is 13.9. The maximum Gasteiger partial charge on any atom is 0.500 e. The summed E-state index contributed by atoms with van der Waals surface area (Å²) >= 11 is 0. The molecule has 0 rings (SSSR count). The summed E-state index contributed by atoms with van der Waals surface area (Å²) < 4.78 is 43.9. The second-order valence-electron chi connectivity index (χ2n) is 7.47. The second-order valence-corrected chi connectivity index (χ2v) is 12.9. The van der Waals surface area contributed by atoms with E-state index in [0.29, 0.717) is 78.0 Å². The maximum absolute atomic E-state index is 11.1. The largest absolute Gasteiger partial charge is 0.500 e. The van der Waals surface area contributed by atoms with Gasteiger partial charge in [0.05, 0.1) is 13.2 Å². The summed E-state index contributed by atoms with van der Waals surface area (Å²) in [7, 11) is -5.16. The quantitative estimate of drug-likeness (QED) is 0.139. The molecule has 0 aromatic heterocycles. The number of ether oxygens (including phenoxy) is 2. The van der Waals surface area contributed by atoms with Gasteiger partial charge >= 0.3 is 29.8 Å². The van der Waals surface area contributed by atoms with E-state index in [1.165, 1.54) is 0 Å². The topological polar surface area (TPSA) is 132 Å². The van der Waals surface area contributed by atoms with Crippen molar-refractivity contribution in [2.24, 2.45) is 0 Å². The average Bonchev–Trinajstić information content (AvgIpc) is 2.86. The Balaban J connectivity index is 0. The Bertz CT molecular complexity index is 494. The molecule has 12 nitrogen and oxygen atoms in total. The van der Waals surface area contributed by atoms with E-state index in [0.717, 1.165) is 12.8 Å². The van der Waals surface area contributed by atoms with Gasteiger partial charge in [-0.2, -0.15) is 0 Å². The second kappa shape index (κ2) is 26.0. The summed E-state index contributed by atoms with van der Waals surface area (Å²) in [6, 6.07) is 1.38. The van der Waals surface area contributed by atoms with Crippen LogP contribution in [0.25, 0.3) is 0 Å². The molecule has 0 aliphatic carbocycles. The molecule has 0 fully saturated rings. The Labute approximate surface area is 232 Å². The van der Waals surface area contributed by atoms with Gasteiger partial charge in [0.15, 0.2) is 0 Å². The van der Waals surface area contributed by atoms with Crippen LogP contribution in [0.15, 0.2) is 0 Å². The van der Waals surface area contributed by atoms with Gasteiger partial charge in [0.25, 0.3) is 0 Å². The minimum Gasteiger partial charge on any atom is -0.450 e. The van der Waals surface area contributed by atoms with Crippen molar-refractivity contribution in [3.8, 4) is 0 Å². The minimum absolute atomic E-state index is 0.376. The SMILES string of the molecule is CCOC(=O)NCCC[Si](OCC)(OCC)OCC.CCOC(=O)NCCC[Si](OCC)(OCC)OCC. The number of rotatable bonds is 22. The third-order valence-corrected chi connectivity index (χ3v) is 10.9. The molecule has 2 amide bonds. The highest BCUT2D eigenvalue weighted by Gasteiger charge is 2.40. The van der Waals surface area contributed by atoms with E-state index >= 15 is 0 Å². The number of nitrogens with one attached hydrogen (secondary N) is 2. The van der Waals surface area contributed by atoms with Crippen molar-refractivity contribution in [3.05, 3.63) is 0 Å². The van der Waals surface area contributed by atoms with E-state index in [4.69, 9.17) is 36.0 Å². The number of hydrogen-bond acceptors (Lipinski definition) is 10. The van der Waals surface area contributed by atoms with Crippen LogP contribution in [0.3, 0.4) is 0 Å². The standard InChI is InChI=1S/2C12H27NO5Si/c2*1-5-15-12(14)13-10-9-11-19(16-6-2,17-7-3)18-8-4/h2*5-11H2,1-4H3,(H,13,14). The Morgan fingerprint density at radius 1 is 0.474 bits per heavy atom. The number of alkyl carbamates (subject to hydrolysis) is 2. The molecule has 228 valence electrons. The predicted octanol–water partition coefficient (Wildman–Crippen LogP) is 4.34. The van der Waals surface area contributed by atoms with Crippen LogP contribution in [0.1, 0.15) is 68.2 Å². The molecule has 14 heteroatoms. The van der Waals surface area contributed by atoms with E-state index < -0.39 is 17.6 Å². The Hall–Kier alpha value is -1.27. The zero-order chi connectivity index (χ0) is 29.1. The van der Waals surface area contributed by atoms with Crippen LogP contribution in [-0.2, 0) is 36.0 Å². The first-order valence-corrected chi connectivity index (χ1v) is 17.8. The van der Waals surface area contributed by atoms with Gasteiger partial charge in [-0.05, 0) is 68.2 Å². The highest BCUT2D eigenvalue weighted by atomic mass is 28.4. The summed E-state index contributed by atoms with van der Waals surface area (Å²) in [4.78, 5) is 22.3. The van der Waals surface area contributed by atoms with Crippen LogP contribution in [0.2, 0.25) is 12.1 Å². The third kappa shape index (κ3) is 19.8.